The Labute approximate surface area is 148 Å². The van der Waals surface area contributed by atoms with E-state index in [9.17, 15) is 10.2 Å². The highest BCUT2D eigenvalue weighted by Crippen LogP contribution is 2.66. The Balaban J connectivity index is 1.58. The number of ether oxygens (including phenoxy) is 1. The Morgan fingerprint density at radius 2 is 2.12 bits per heavy atom. The first-order valence-electron chi connectivity index (χ1n) is 9.71. The predicted molar refractivity (Wildman–Crippen MR) is 93.9 cm³/mol. The number of phenols is 1. The van der Waals surface area contributed by atoms with E-state index in [1.54, 1.807) is 6.07 Å². The van der Waals surface area contributed by atoms with Gasteiger partial charge in [-0.15, -0.1) is 0 Å². The van der Waals surface area contributed by atoms with Crippen molar-refractivity contribution in [2.24, 2.45) is 5.92 Å². The number of hydrogen-bond donors (Lipinski definition) is 2. The second kappa shape index (κ2) is 4.41. The summed E-state index contributed by atoms with van der Waals surface area (Å²) in [7, 11) is 0. The highest BCUT2D eigenvalue weighted by atomic mass is 16.5. The van der Waals surface area contributed by atoms with Crippen LogP contribution in [-0.2, 0) is 11.8 Å². The molecule has 3 aliphatic carbocycles. The molecule has 5 aliphatic rings. The molecule has 2 aliphatic heterocycles. The first-order valence-corrected chi connectivity index (χ1v) is 9.71. The van der Waals surface area contributed by atoms with Gasteiger partial charge in [0.1, 0.15) is 6.10 Å². The molecule has 2 N–H and O–H groups in total. The fourth-order valence-corrected chi connectivity index (χ4v) is 6.39. The third-order valence-corrected chi connectivity index (χ3v) is 7.71. The molecule has 6 rings (SSSR count). The van der Waals surface area contributed by atoms with Crippen LogP contribution in [0, 0.1) is 5.92 Å². The maximum Gasteiger partial charge on any atom is 0.166 e. The zero-order chi connectivity index (χ0) is 17.0. The second-order valence-corrected chi connectivity index (χ2v) is 8.91. The number of benzene rings is 1. The highest BCUT2D eigenvalue weighted by molar-refractivity contribution is 5.63. The molecule has 4 heteroatoms. The smallest absolute Gasteiger partial charge is 0.166 e. The first kappa shape index (κ1) is 14.6. The molecule has 3 unspecified atom stereocenters. The summed E-state index contributed by atoms with van der Waals surface area (Å²) in [4.78, 5) is 2.56. The highest BCUT2D eigenvalue weighted by Gasteiger charge is 2.71. The van der Waals surface area contributed by atoms with E-state index in [1.807, 2.05) is 6.07 Å². The Kier molecular flexibility index (Phi) is 2.58. The maximum atomic E-state index is 12.1. The first-order chi connectivity index (χ1) is 12.0. The number of rotatable bonds is 2. The van der Waals surface area contributed by atoms with Gasteiger partial charge in [0.05, 0.1) is 11.0 Å². The van der Waals surface area contributed by atoms with Crippen LogP contribution in [0.15, 0.2) is 24.3 Å². The molecule has 2 bridgehead atoms. The minimum Gasteiger partial charge on any atom is -0.504 e. The molecule has 4 nitrogen and oxygen atoms in total. The lowest BCUT2D eigenvalue weighted by atomic mass is 9.48. The van der Waals surface area contributed by atoms with E-state index in [2.05, 4.69) is 11.5 Å². The molecule has 132 valence electrons. The van der Waals surface area contributed by atoms with Crippen molar-refractivity contribution in [3.8, 4) is 11.5 Å². The Bertz CT molecular complexity index is 801. The summed E-state index contributed by atoms with van der Waals surface area (Å²) in [6.45, 7) is 6.40. The number of nitrogens with zero attached hydrogens (tertiary/aromatic N) is 1. The molecule has 0 radical (unpaired) electrons. The second-order valence-electron chi connectivity index (χ2n) is 8.91. The van der Waals surface area contributed by atoms with Gasteiger partial charge in [-0.1, -0.05) is 12.6 Å². The number of piperidine rings is 1. The monoisotopic (exact) mass is 339 g/mol. The third kappa shape index (κ3) is 1.57. The Morgan fingerprint density at radius 3 is 2.92 bits per heavy atom. The maximum absolute atomic E-state index is 12.1. The number of hydrogen-bond acceptors (Lipinski definition) is 4. The SMILES string of the molecule is C=C1CC[C@@]2(O)C3Cc4ccc(O)c5c4C2(CCN3CC2CC2)C1O5. The van der Waals surface area contributed by atoms with E-state index in [-0.39, 0.29) is 17.9 Å². The summed E-state index contributed by atoms with van der Waals surface area (Å²) < 4.78 is 6.29. The Morgan fingerprint density at radius 1 is 1.28 bits per heavy atom. The van der Waals surface area contributed by atoms with Crippen molar-refractivity contribution in [3.05, 3.63) is 35.4 Å². The normalized spacial score (nSPS) is 41.4. The van der Waals surface area contributed by atoms with Gasteiger partial charge in [-0.05, 0) is 68.2 Å². The molecule has 3 fully saturated rings. The number of phenolic OH excluding ortho intramolecular Hbond substituents is 1. The van der Waals surface area contributed by atoms with Crippen molar-refractivity contribution in [1.82, 2.24) is 4.90 Å². The van der Waals surface area contributed by atoms with Gasteiger partial charge < -0.3 is 14.9 Å². The molecule has 1 spiro atoms. The zero-order valence-corrected chi connectivity index (χ0v) is 14.5. The average molecular weight is 339 g/mol. The van der Waals surface area contributed by atoms with Gasteiger partial charge in [0, 0.05) is 18.2 Å². The number of likely N-dealkylation sites (tertiary alicyclic amines) is 1. The largest absolute Gasteiger partial charge is 0.504 e. The van der Waals surface area contributed by atoms with E-state index in [0.29, 0.717) is 5.75 Å². The van der Waals surface area contributed by atoms with Crippen molar-refractivity contribution < 1.29 is 14.9 Å². The van der Waals surface area contributed by atoms with E-state index < -0.39 is 11.0 Å². The van der Waals surface area contributed by atoms with Crippen LogP contribution in [0.25, 0.3) is 0 Å². The summed E-state index contributed by atoms with van der Waals surface area (Å²) in [5.41, 5.74) is 2.21. The van der Waals surface area contributed by atoms with Crippen molar-refractivity contribution in [3.63, 3.8) is 0 Å². The molecule has 1 saturated heterocycles. The fourth-order valence-electron chi connectivity index (χ4n) is 6.39. The van der Waals surface area contributed by atoms with Crippen LogP contribution in [-0.4, -0.2) is 45.9 Å². The third-order valence-electron chi connectivity index (χ3n) is 7.71. The van der Waals surface area contributed by atoms with Crippen LogP contribution in [0.5, 0.6) is 11.5 Å². The average Bonchev–Trinajstić information content (AvgIpc) is 3.32. The van der Waals surface area contributed by atoms with Crippen molar-refractivity contribution in [2.45, 2.75) is 61.7 Å². The number of aromatic hydroxyl groups is 1. The molecular weight excluding hydrogens is 314 g/mol. The Hall–Kier alpha value is -1.52. The van der Waals surface area contributed by atoms with Gasteiger partial charge in [-0.2, -0.15) is 0 Å². The fraction of sp³-hybridized carbons (Fsp3) is 0.619. The summed E-state index contributed by atoms with van der Waals surface area (Å²) in [5.74, 6) is 1.64. The molecule has 2 heterocycles. The molecule has 0 aromatic heterocycles. The zero-order valence-electron chi connectivity index (χ0n) is 14.5. The molecule has 1 aromatic carbocycles. The van der Waals surface area contributed by atoms with Crippen LogP contribution >= 0.6 is 0 Å². The topological polar surface area (TPSA) is 52.9 Å². The van der Waals surface area contributed by atoms with E-state index in [1.165, 1.54) is 18.4 Å². The standard InChI is InChI=1S/C21H25NO3/c1-12-6-7-21(24)16-10-14-4-5-15(23)18-17(14)20(21,19(12)25-18)8-9-22(16)11-13-2-3-13/h4-5,13,16,19,23-24H,1-3,6-11H2/t16?,19?,20?,21-/m1/s1. The predicted octanol–water partition coefficient (Wildman–Crippen LogP) is 2.51. The van der Waals surface area contributed by atoms with Crippen molar-refractivity contribution in [2.75, 3.05) is 13.1 Å². The van der Waals surface area contributed by atoms with Gasteiger partial charge in [0.2, 0.25) is 0 Å². The molecule has 1 aromatic rings. The minimum atomic E-state index is -0.780. The van der Waals surface area contributed by atoms with Crippen LogP contribution in [0.3, 0.4) is 0 Å². The lowest BCUT2D eigenvalue weighted by Gasteiger charge is -2.63. The van der Waals surface area contributed by atoms with Gasteiger partial charge in [0.15, 0.2) is 11.5 Å². The summed E-state index contributed by atoms with van der Waals surface area (Å²) in [6.07, 6.45) is 5.79. The molecule has 2 saturated carbocycles. The van der Waals surface area contributed by atoms with Crippen molar-refractivity contribution >= 4 is 0 Å². The van der Waals surface area contributed by atoms with Gasteiger partial charge in [-0.3, -0.25) is 4.90 Å². The molecule has 0 amide bonds. The lowest BCUT2D eigenvalue weighted by molar-refractivity contribution is -0.174. The summed E-state index contributed by atoms with van der Waals surface area (Å²) in [5, 5.41) is 22.5. The summed E-state index contributed by atoms with van der Waals surface area (Å²) in [6, 6.07) is 3.96. The lowest BCUT2D eigenvalue weighted by Crippen LogP contribution is -2.75. The number of aliphatic hydroxyl groups is 1. The molecule has 25 heavy (non-hydrogen) atoms. The van der Waals surface area contributed by atoms with Gasteiger partial charge in [0.25, 0.3) is 0 Å². The van der Waals surface area contributed by atoms with E-state index >= 15 is 0 Å². The van der Waals surface area contributed by atoms with Crippen LogP contribution < -0.4 is 4.74 Å². The van der Waals surface area contributed by atoms with Gasteiger partial charge in [-0.25, -0.2) is 0 Å². The van der Waals surface area contributed by atoms with Crippen LogP contribution in [0.1, 0.15) is 43.2 Å². The van der Waals surface area contributed by atoms with Crippen LogP contribution in [0.4, 0.5) is 0 Å². The molecular formula is C21H25NO3. The van der Waals surface area contributed by atoms with E-state index in [4.69, 9.17) is 4.74 Å². The van der Waals surface area contributed by atoms with Crippen LogP contribution in [0.2, 0.25) is 0 Å². The molecule has 4 atom stereocenters. The summed E-state index contributed by atoms with van der Waals surface area (Å²) >= 11 is 0. The van der Waals surface area contributed by atoms with Gasteiger partial charge >= 0.3 is 0 Å². The quantitative estimate of drug-likeness (QED) is 0.813. The van der Waals surface area contributed by atoms with Crippen molar-refractivity contribution in [1.29, 1.82) is 0 Å². The van der Waals surface area contributed by atoms with E-state index in [0.717, 1.165) is 55.8 Å². The minimum absolute atomic E-state index is 0.157.